The Morgan fingerprint density at radius 1 is 1.05 bits per heavy atom. The van der Waals surface area contributed by atoms with Gasteiger partial charge in [-0.1, -0.05) is 0 Å². The molecule has 0 aliphatic carbocycles. The fourth-order valence-corrected chi connectivity index (χ4v) is 3.51. The average molecular weight is 312 g/mol. The molecule has 0 unspecified atom stereocenters. The van der Waals surface area contributed by atoms with Gasteiger partial charge in [-0.05, 0) is 50.2 Å². The SMILES string of the molecule is CCN(CC)c1ccc(-c2nc3cc(OC)ccc3s2)cc1. The third-order valence-electron chi connectivity index (χ3n) is 3.84. The molecule has 1 heterocycles. The maximum atomic E-state index is 5.26. The van der Waals surface area contributed by atoms with E-state index in [2.05, 4.69) is 49.1 Å². The van der Waals surface area contributed by atoms with Crippen LogP contribution >= 0.6 is 11.3 Å². The summed E-state index contributed by atoms with van der Waals surface area (Å²) in [6.07, 6.45) is 0. The summed E-state index contributed by atoms with van der Waals surface area (Å²) >= 11 is 1.72. The number of aromatic nitrogens is 1. The Morgan fingerprint density at radius 3 is 2.41 bits per heavy atom. The number of methoxy groups -OCH3 is 1. The third-order valence-corrected chi connectivity index (χ3v) is 4.92. The summed E-state index contributed by atoms with van der Waals surface area (Å²) in [5, 5.41) is 1.05. The summed E-state index contributed by atoms with van der Waals surface area (Å²) in [4.78, 5) is 7.07. The van der Waals surface area contributed by atoms with E-state index in [1.807, 2.05) is 12.1 Å². The van der Waals surface area contributed by atoms with Gasteiger partial charge >= 0.3 is 0 Å². The standard InChI is InChI=1S/C18H20N2OS/c1-4-20(5-2)14-8-6-13(7-9-14)18-19-16-12-15(21-3)10-11-17(16)22-18/h6-12H,4-5H2,1-3H3. The van der Waals surface area contributed by atoms with Gasteiger partial charge in [-0.3, -0.25) is 0 Å². The number of hydrogen-bond acceptors (Lipinski definition) is 4. The zero-order valence-electron chi connectivity index (χ0n) is 13.2. The van der Waals surface area contributed by atoms with Crippen LogP contribution in [0.1, 0.15) is 13.8 Å². The number of thiazole rings is 1. The van der Waals surface area contributed by atoms with Crippen molar-refractivity contribution in [3.05, 3.63) is 42.5 Å². The Kier molecular flexibility index (Phi) is 4.29. The van der Waals surface area contributed by atoms with Crippen molar-refractivity contribution in [2.24, 2.45) is 0 Å². The molecule has 0 radical (unpaired) electrons. The van der Waals surface area contributed by atoms with Crippen LogP contribution in [-0.2, 0) is 0 Å². The lowest BCUT2D eigenvalue weighted by Gasteiger charge is -2.20. The normalized spacial score (nSPS) is 10.9. The molecule has 0 amide bonds. The van der Waals surface area contributed by atoms with Crippen LogP contribution in [0.4, 0.5) is 5.69 Å². The Hall–Kier alpha value is -2.07. The lowest BCUT2D eigenvalue weighted by Crippen LogP contribution is -2.21. The van der Waals surface area contributed by atoms with Crippen LogP contribution in [0.15, 0.2) is 42.5 Å². The van der Waals surface area contributed by atoms with Gasteiger partial charge in [0.2, 0.25) is 0 Å². The molecule has 22 heavy (non-hydrogen) atoms. The van der Waals surface area contributed by atoms with Gasteiger partial charge in [0.05, 0.1) is 17.3 Å². The first-order chi connectivity index (χ1) is 10.7. The van der Waals surface area contributed by atoms with Gasteiger partial charge in [-0.25, -0.2) is 4.98 Å². The van der Waals surface area contributed by atoms with Gasteiger partial charge in [0, 0.05) is 30.4 Å². The highest BCUT2D eigenvalue weighted by Gasteiger charge is 2.08. The molecule has 0 spiro atoms. The predicted molar refractivity (Wildman–Crippen MR) is 95.2 cm³/mol. The third kappa shape index (κ3) is 2.79. The Bertz CT molecular complexity index is 760. The number of ether oxygens (including phenoxy) is 1. The van der Waals surface area contributed by atoms with E-state index in [4.69, 9.17) is 9.72 Å². The molecule has 0 atom stereocenters. The molecule has 0 saturated heterocycles. The Morgan fingerprint density at radius 2 is 1.77 bits per heavy atom. The van der Waals surface area contributed by atoms with Crippen LogP contribution in [0.2, 0.25) is 0 Å². The highest BCUT2D eigenvalue weighted by molar-refractivity contribution is 7.21. The van der Waals surface area contributed by atoms with Crippen molar-refractivity contribution >= 4 is 27.2 Å². The predicted octanol–water partition coefficient (Wildman–Crippen LogP) is 4.82. The van der Waals surface area contributed by atoms with Gasteiger partial charge in [0.15, 0.2) is 0 Å². The molecule has 0 bridgehead atoms. The quantitative estimate of drug-likeness (QED) is 0.675. The van der Waals surface area contributed by atoms with Crippen molar-refractivity contribution in [2.45, 2.75) is 13.8 Å². The van der Waals surface area contributed by atoms with Gasteiger partial charge in [-0.2, -0.15) is 0 Å². The Labute approximate surface area is 135 Å². The summed E-state index contributed by atoms with van der Waals surface area (Å²) < 4.78 is 6.45. The Balaban J connectivity index is 1.93. The molecule has 4 heteroatoms. The molecule has 0 saturated carbocycles. The summed E-state index contributed by atoms with van der Waals surface area (Å²) in [6, 6.07) is 14.7. The van der Waals surface area contributed by atoms with Crippen LogP contribution in [0.3, 0.4) is 0 Å². The molecular formula is C18H20N2OS. The fraction of sp³-hybridized carbons (Fsp3) is 0.278. The summed E-state index contributed by atoms with van der Waals surface area (Å²) in [7, 11) is 1.68. The molecule has 0 N–H and O–H groups in total. The fourth-order valence-electron chi connectivity index (χ4n) is 2.56. The largest absolute Gasteiger partial charge is 0.497 e. The molecular weight excluding hydrogens is 292 g/mol. The zero-order valence-corrected chi connectivity index (χ0v) is 14.0. The van der Waals surface area contributed by atoms with Crippen molar-refractivity contribution in [3.8, 4) is 16.3 Å². The zero-order chi connectivity index (χ0) is 15.5. The van der Waals surface area contributed by atoms with Crippen LogP contribution in [-0.4, -0.2) is 25.2 Å². The maximum Gasteiger partial charge on any atom is 0.124 e. The number of fused-ring (bicyclic) bond motifs is 1. The minimum atomic E-state index is 0.848. The number of rotatable bonds is 5. The minimum absolute atomic E-state index is 0.848. The first-order valence-corrected chi connectivity index (χ1v) is 8.36. The molecule has 3 nitrogen and oxygen atoms in total. The topological polar surface area (TPSA) is 25.4 Å². The van der Waals surface area contributed by atoms with Crippen LogP contribution < -0.4 is 9.64 Å². The van der Waals surface area contributed by atoms with E-state index in [1.54, 1.807) is 18.4 Å². The first-order valence-electron chi connectivity index (χ1n) is 7.55. The highest BCUT2D eigenvalue weighted by Crippen LogP contribution is 2.32. The summed E-state index contributed by atoms with van der Waals surface area (Å²) in [5.74, 6) is 0.848. The lowest BCUT2D eigenvalue weighted by atomic mass is 10.2. The van der Waals surface area contributed by atoms with Crippen LogP contribution in [0.5, 0.6) is 5.75 Å². The van der Waals surface area contributed by atoms with E-state index in [9.17, 15) is 0 Å². The second-order valence-corrected chi connectivity index (χ2v) is 6.10. The number of nitrogens with zero attached hydrogens (tertiary/aromatic N) is 2. The number of benzene rings is 2. The van der Waals surface area contributed by atoms with E-state index >= 15 is 0 Å². The van der Waals surface area contributed by atoms with E-state index in [-0.39, 0.29) is 0 Å². The van der Waals surface area contributed by atoms with Gasteiger partial charge in [-0.15, -0.1) is 11.3 Å². The smallest absolute Gasteiger partial charge is 0.124 e. The van der Waals surface area contributed by atoms with Crippen LogP contribution in [0, 0.1) is 0 Å². The average Bonchev–Trinajstić information content (AvgIpc) is 2.99. The van der Waals surface area contributed by atoms with Crippen molar-refractivity contribution in [1.29, 1.82) is 0 Å². The van der Waals surface area contributed by atoms with E-state index in [0.29, 0.717) is 0 Å². The monoisotopic (exact) mass is 312 g/mol. The van der Waals surface area contributed by atoms with E-state index < -0.39 is 0 Å². The van der Waals surface area contributed by atoms with Crippen LogP contribution in [0.25, 0.3) is 20.8 Å². The lowest BCUT2D eigenvalue weighted by molar-refractivity contribution is 0.415. The van der Waals surface area contributed by atoms with Crippen molar-refractivity contribution in [3.63, 3.8) is 0 Å². The number of hydrogen-bond donors (Lipinski definition) is 0. The summed E-state index contributed by atoms with van der Waals surface area (Å²) in [5.41, 5.74) is 3.42. The molecule has 114 valence electrons. The maximum absolute atomic E-state index is 5.26. The summed E-state index contributed by atoms with van der Waals surface area (Å²) in [6.45, 7) is 6.41. The van der Waals surface area contributed by atoms with E-state index in [0.717, 1.165) is 34.9 Å². The molecule has 0 aliphatic heterocycles. The molecule has 0 aliphatic rings. The highest BCUT2D eigenvalue weighted by atomic mass is 32.1. The second kappa shape index (κ2) is 6.36. The van der Waals surface area contributed by atoms with Crippen molar-refractivity contribution in [1.82, 2.24) is 4.98 Å². The molecule has 1 aromatic heterocycles. The molecule has 0 fully saturated rings. The van der Waals surface area contributed by atoms with Crippen molar-refractivity contribution < 1.29 is 4.74 Å². The molecule has 3 aromatic rings. The first kappa shape index (κ1) is 14.9. The van der Waals surface area contributed by atoms with Gasteiger partial charge in [0.1, 0.15) is 10.8 Å². The molecule has 3 rings (SSSR count). The van der Waals surface area contributed by atoms with Crippen molar-refractivity contribution in [2.75, 3.05) is 25.1 Å². The molecule has 2 aromatic carbocycles. The second-order valence-electron chi connectivity index (χ2n) is 5.07. The minimum Gasteiger partial charge on any atom is -0.497 e. The van der Waals surface area contributed by atoms with Gasteiger partial charge < -0.3 is 9.64 Å². The van der Waals surface area contributed by atoms with E-state index in [1.165, 1.54) is 10.4 Å². The van der Waals surface area contributed by atoms with Gasteiger partial charge in [0.25, 0.3) is 0 Å². The number of anilines is 1.